The molecule has 0 bridgehead atoms. The van der Waals surface area contributed by atoms with E-state index in [1.165, 1.54) is 4.90 Å². The van der Waals surface area contributed by atoms with Crippen molar-refractivity contribution in [1.29, 1.82) is 0 Å². The Hall–Kier alpha value is -2.71. The second-order valence-electron chi connectivity index (χ2n) is 6.79. The molecule has 9 heteroatoms. The summed E-state index contributed by atoms with van der Waals surface area (Å²) in [6.45, 7) is 5.38. The minimum atomic E-state index is -0.580. The van der Waals surface area contributed by atoms with Crippen LogP contribution in [-0.2, 0) is 16.0 Å². The Kier molecular flexibility index (Phi) is 5.06. The van der Waals surface area contributed by atoms with E-state index in [4.69, 9.17) is 0 Å². The highest BCUT2D eigenvalue weighted by Crippen LogP contribution is 2.17. The molecule has 1 N–H and O–H groups in total. The number of likely N-dealkylation sites (N-methyl/N-ethyl adjacent to an activating group) is 1. The molecule has 2 saturated heterocycles. The van der Waals surface area contributed by atoms with E-state index in [9.17, 15) is 14.4 Å². The van der Waals surface area contributed by atoms with Gasteiger partial charge >= 0.3 is 6.03 Å². The van der Waals surface area contributed by atoms with Gasteiger partial charge < -0.3 is 20.0 Å². The normalized spacial score (nSPS) is 20.3. The molecule has 3 heterocycles. The van der Waals surface area contributed by atoms with Crippen LogP contribution in [0.1, 0.15) is 17.2 Å². The Morgan fingerprint density at radius 1 is 1.23 bits per heavy atom. The average molecular weight is 360 g/mol. The molecule has 1 atom stereocenters. The van der Waals surface area contributed by atoms with Crippen LogP contribution in [0.25, 0.3) is 0 Å². The van der Waals surface area contributed by atoms with Gasteiger partial charge in [0.05, 0.1) is 13.1 Å². The fourth-order valence-electron chi connectivity index (χ4n) is 3.41. The standard InChI is InChI=1S/C17H24N6O3/c1-11-8-12(2)20-14(19-11)4-5-18-17(26)22-6-7-23-13(9-22)16(25)21(3)10-15(23)24/h8,13H,4-7,9-10H2,1-3H3,(H,18,26)/t13-/m0/s1. The number of aromatic nitrogens is 2. The van der Waals surface area contributed by atoms with E-state index in [1.54, 1.807) is 16.8 Å². The molecule has 0 aromatic carbocycles. The Balaban J connectivity index is 1.54. The molecule has 2 aliphatic heterocycles. The molecule has 2 fully saturated rings. The first-order chi connectivity index (χ1) is 12.3. The quantitative estimate of drug-likeness (QED) is 0.771. The number of hydrogen-bond donors (Lipinski definition) is 1. The molecule has 3 rings (SSSR count). The average Bonchev–Trinajstić information content (AvgIpc) is 2.58. The van der Waals surface area contributed by atoms with E-state index in [0.29, 0.717) is 31.9 Å². The van der Waals surface area contributed by atoms with Gasteiger partial charge in [-0.25, -0.2) is 14.8 Å². The predicted octanol–water partition coefficient (Wildman–Crippen LogP) is -0.670. The number of hydrogen-bond acceptors (Lipinski definition) is 5. The molecular weight excluding hydrogens is 336 g/mol. The largest absolute Gasteiger partial charge is 0.338 e. The second-order valence-corrected chi connectivity index (χ2v) is 6.79. The van der Waals surface area contributed by atoms with Crippen LogP contribution in [0, 0.1) is 13.8 Å². The van der Waals surface area contributed by atoms with Crippen LogP contribution in [0.15, 0.2) is 6.07 Å². The molecule has 0 radical (unpaired) electrons. The van der Waals surface area contributed by atoms with Crippen LogP contribution in [0.5, 0.6) is 0 Å². The molecule has 0 spiro atoms. The Morgan fingerprint density at radius 3 is 2.62 bits per heavy atom. The van der Waals surface area contributed by atoms with E-state index < -0.39 is 6.04 Å². The zero-order chi connectivity index (χ0) is 18.8. The number of nitrogens with zero attached hydrogens (tertiary/aromatic N) is 5. The number of fused-ring (bicyclic) bond motifs is 1. The maximum absolute atomic E-state index is 12.4. The lowest BCUT2D eigenvalue weighted by Gasteiger charge is -2.45. The number of carbonyl (C=O) groups is 3. The van der Waals surface area contributed by atoms with Crippen LogP contribution in [0.2, 0.25) is 0 Å². The topological polar surface area (TPSA) is 98.7 Å². The zero-order valence-electron chi connectivity index (χ0n) is 15.4. The second kappa shape index (κ2) is 7.27. The highest BCUT2D eigenvalue weighted by molar-refractivity contribution is 5.95. The fourth-order valence-corrected chi connectivity index (χ4v) is 3.41. The van der Waals surface area contributed by atoms with Crippen molar-refractivity contribution in [3.8, 4) is 0 Å². The van der Waals surface area contributed by atoms with Gasteiger partial charge in [0.2, 0.25) is 11.8 Å². The number of nitrogens with one attached hydrogen (secondary N) is 1. The number of amides is 4. The van der Waals surface area contributed by atoms with Crippen molar-refractivity contribution in [1.82, 2.24) is 30.0 Å². The third-order valence-corrected chi connectivity index (χ3v) is 4.68. The van der Waals surface area contributed by atoms with E-state index in [-0.39, 0.29) is 30.9 Å². The van der Waals surface area contributed by atoms with Crippen LogP contribution in [-0.4, -0.2) is 88.3 Å². The maximum atomic E-state index is 12.4. The van der Waals surface area contributed by atoms with Gasteiger partial charge in [0.1, 0.15) is 11.9 Å². The third kappa shape index (κ3) is 3.76. The maximum Gasteiger partial charge on any atom is 0.317 e. The first-order valence-electron chi connectivity index (χ1n) is 8.73. The summed E-state index contributed by atoms with van der Waals surface area (Å²) >= 11 is 0. The van der Waals surface area contributed by atoms with E-state index in [0.717, 1.165) is 11.4 Å². The van der Waals surface area contributed by atoms with Gasteiger partial charge in [0, 0.05) is 44.5 Å². The summed E-state index contributed by atoms with van der Waals surface area (Å²) in [4.78, 5) is 50.0. The summed E-state index contributed by atoms with van der Waals surface area (Å²) in [5.74, 6) is 0.511. The Morgan fingerprint density at radius 2 is 1.92 bits per heavy atom. The lowest BCUT2D eigenvalue weighted by molar-refractivity contribution is -0.157. The molecule has 1 aromatic rings. The highest BCUT2D eigenvalue weighted by Gasteiger charge is 2.42. The molecule has 26 heavy (non-hydrogen) atoms. The monoisotopic (exact) mass is 360 g/mol. The summed E-state index contributed by atoms with van der Waals surface area (Å²) < 4.78 is 0. The molecule has 0 aliphatic carbocycles. The van der Waals surface area contributed by atoms with Crippen molar-refractivity contribution in [2.75, 3.05) is 39.8 Å². The highest BCUT2D eigenvalue weighted by atomic mass is 16.2. The van der Waals surface area contributed by atoms with E-state index >= 15 is 0 Å². The molecule has 140 valence electrons. The van der Waals surface area contributed by atoms with Crippen LogP contribution in [0.4, 0.5) is 4.79 Å². The lowest BCUT2D eigenvalue weighted by Crippen LogP contribution is -2.67. The molecule has 2 aliphatic rings. The van der Waals surface area contributed by atoms with Gasteiger partial charge in [-0.05, 0) is 19.9 Å². The van der Waals surface area contributed by atoms with Gasteiger partial charge in [-0.3, -0.25) is 9.59 Å². The van der Waals surface area contributed by atoms with Gasteiger partial charge in [-0.1, -0.05) is 0 Å². The molecule has 1 aromatic heterocycles. The summed E-state index contributed by atoms with van der Waals surface area (Å²) in [6, 6.07) is 1.09. The first kappa shape index (κ1) is 18.1. The van der Waals surface area contributed by atoms with Crippen molar-refractivity contribution in [2.45, 2.75) is 26.3 Å². The van der Waals surface area contributed by atoms with Crippen molar-refractivity contribution >= 4 is 17.8 Å². The molecular formula is C17H24N6O3. The summed E-state index contributed by atoms with van der Waals surface area (Å²) in [6.07, 6.45) is 0.539. The van der Waals surface area contributed by atoms with Gasteiger partial charge in [-0.15, -0.1) is 0 Å². The number of urea groups is 1. The number of rotatable bonds is 3. The van der Waals surface area contributed by atoms with Gasteiger partial charge in [0.25, 0.3) is 0 Å². The minimum Gasteiger partial charge on any atom is -0.338 e. The zero-order valence-corrected chi connectivity index (χ0v) is 15.4. The van der Waals surface area contributed by atoms with Crippen LogP contribution in [0.3, 0.4) is 0 Å². The molecule has 9 nitrogen and oxygen atoms in total. The molecule has 0 saturated carbocycles. The number of aryl methyl sites for hydroxylation is 2. The summed E-state index contributed by atoms with van der Waals surface area (Å²) in [7, 11) is 1.61. The molecule has 0 unspecified atom stereocenters. The van der Waals surface area contributed by atoms with E-state index in [1.807, 2.05) is 19.9 Å². The number of carbonyl (C=O) groups excluding carboxylic acids is 3. The first-order valence-corrected chi connectivity index (χ1v) is 8.73. The number of piperazine rings is 2. The lowest BCUT2D eigenvalue weighted by atomic mass is 10.1. The summed E-state index contributed by atoms with van der Waals surface area (Å²) in [5, 5.41) is 2.85. The Labute approximate surface area is 152 Å². The Bertz CT molecular complexity index is 717. The van der Waals surface area contributed by atoms with Crippen LogP contribution < -0.4 is 5.32 Å². The SMILES string of the molecule is Cc1cc(C)nc(CCNC(=O)N2CCN3C(=O)CN(C)C(=O)[C@@H]3C2)n1. The third-order valence-electron chi connectivity index (χ3n) is 4.68. The minimum absolute atomic E-state index is 0.0656. The van der Waals surface area contributed by atoms with E-state index in [2.05, 4.69) is 15.3 Å². The smallest absolute Gasteiger partial charge is 0.317 e. The van der Waals surface area contributed by atoms with Crippen molar-refractivity contribution < 1.29 is 14.4 Å². The van der Waals surface area contributed by atoms with Crippen molar-refractivity contribution in [2.24, 2.45) is 0 Å². The molecule has 4 amide bonds. The predicted molar refractivity (Wildman–Crippen MR) is 93.3 cm³/mol. The van der Waals surface area contributed by atoms with Crippen LogP contribution >= 0.6 is 0 Å². The van der Waals surface area contributed by atoms with Gasteiger partial charge in [0.15, 0.2) is 0 Å². The fraction of sp³-hybridized carbons (Fsp3) is 0.588. The van der Waals surface area contributed by atoms with Crippen molar-refractivity contribution in [3.63, 3.8) is 0 Å². The van der Waals surface area contributed by atoms with Gasteiger partial charge in [-0.2, -0.15) is 0 Å². The van der Waals surface area contributed by atoms with Crippen molar-refractivity contribution in [3.05, 3.63) is 23.3 Å². The summed E-state index contributed by atoms with van der Waals surface area (Å²) in [5.41, 5.74) is 1.80.